The molecule has 0 bridgehead atoms. The molecule has 0 saturated heterocycles. The average molecular weight is 623 g/mol. The topological polar surface area (TPSA) is 193 Å². The molecule has 1 aromatic rings. The van der Waals surface area contributed by atoms with Crippen LogP contribution in [0.1, 0.15) is 101 Å². The zero-order chi connectivity index (χ0) is 31.8. The fraction of sp³-hybridized carbons (Fsp3) is 0.677. The Kier molecular flexibility index (Phi) is 17.8. The molecule has 0 spiro atoms. The van der Waals surface area contributed by atoms with Gasteiger partial charge < -0.3 is 30.4 Å². The van der Waals surface area contributed by atoms with Crippen molar-refractivity contribution in [3.63, 3.8) is 0 Å². The second-order valence-electron chi connectivity index (χ2n) is 11.2. The number of nitro groups is 1. The summed E-state index contributed by atoms with van der Waals surface area (Å²) in [6, 6.07) is 6.58. The van der Waals surface area contributed by atoms with Crippen molar-refractivity contribution in [1.82, 2.24) is 14.7 Å². The molecule has 2 aliphatic carbocycles. The molecule has 4 N–H and O–H groups in total. The van der Waals surface area contributed by atoms with E-state index in [9.17, 15) is 19.7 Å². The maximum atomic E-state index is 13.6. The Bertz CT molecular complexity index is 1020. The molecule has 1 aromatic carbocycles. The molecular formula is C31H50N4O9. The van der Waals surface area contributed by atoms with E-state index in [0.29, 0.717) is 43.6 Å². The number of amides is 2. The van der Waals surface area contributed by atoms with Crippen LogP contribution < -0.4 is 0 Å². The summed E-state index contributed by atoms with van der Waals surface area (Å²) in [5.41, 5.74) is 0.421. The van der Waals surface area contributed by atoms with E-state index in [2.05, 4.69) is 23.6 Å². The number of likely N-dealkylation sites (N-methyl/N-ethyl adjacent to an activating group) is 1. The van der Waals surface area contributed by atoms with Crippen LogP contribution >= 0.6 is 0 Å². The third-order valence-corrected chi connectivity index (χ3v) is 8.42. The molecule has 0 aliphatic heterocycles. The van der Waals surface area contributed by atoms with E-state index >= 15 is 0 Å². The van der Waals surface area contributed by atoms with Crippen molar-refractivity contribution in [2.75, 3.05) is 32.7 Å². The Morgan fingerprint density at radius 3 is 1.68 bits per heavy atom. The molecule has 0 unspecified atom stereocenters. The summed E-state index contributed by atoms with van der Waals surface area (Å²) >= 11 is 0. The average Bonchev–Trinajstić information content (AvgIpc) is 3.01. The number of rotatable bonds is 13. The maximum Gasteiger partial charge on any atom is 0.414 e. The van der Waals surface area contributed by atoms with Gasteiger partial charge in [0.05, 0.1) is 4.92 Å². The first-order chi connectivity index (χ1) is 20.6. The maximum absolute atomic E-state index is 13.6. The third kappa shape index (κ3) is 12.6. The first-order valence-electron chi connectivity index (χ1n) is 15.6. The van der Waals surface area contributed by atoms with Crippen LogP contribution in [0.5, 0.6) is 0 Å². The van der Waals surface area contributed by atoms with Gasteiger partial charge in [-0.1, -0.05) is 52.4 Å². The minimum Gasteiger partial charge on any atom is -0.473 e. The van der Waals surface area contributed by atoms with Crippen molar-refractivity contribution < 1.29 is 39.8 Å². The largest absolute Gasteiger partial charge is 0.473 e. The lowest BCUT2D eigenvalue weighted by molar-refractivity contribution is -0.384. The van der Waals surface area contributed by atoms with Crippen LogP contribution in [0.4, 0.5) is 5.69 Å². The van der Waals surface area contributed by atoms with Crippen LogP contribution in [0.15, 0.2) is 24.3 Å². The number of nitrogens with zero attached hydrogens (tertiary/aromatic N) is 4. The number of hydrogen-bond donors (Lipinski definition) is 2. The monoisotopic (exact) mass is 622 g/mol. The Morgan fingerprint density at radius 1 is 0.795 bits per heavy atom. The molecule has 0 atom stereocenters. The Balaban J connectivity index is 0.00000125. The van der Waals surface area contributed by atoms with Crippen LogP contribution in [-0.2, 0) is 14.4 Å². The number of non-ortho nitro benzene ring substituents is 1. The first kappa shape index (κ1) is 38.4. The van der Waals surface area contributed by atoms with Crippen molar-refractivity contribution in [1.29, 1.82) is 0 Å². The predicted octanol–water partition coefficient (Wildman–Crippen LogP) is 3.98. The number of nitro benzene ring substituents is 1. The van der Waals surface area contributed by atoms with Gasteiger partial charge in [-0.25, -0.2) is 9.59 Å². The molecule has 0 radical (unpaired) electrons. The molecule has 248 valence electrons. The highest BCUT2D eigenvalue weighted by molar-refractivity contribution is 6.27. The zero-order valence-electron chi connectivity index (χ0n) is 26.1. The van der Waals surface area contributed by atoms with Gasteiger partial charge in [-0.2, -0.15) is 0 Å². The Morgan fingerprint density at radius 2 is 1.27 bits per heavy atom. The third-order valence-electron chi connectivity index (χ3n) is 8.42. The van der Waals surface area contributed by atoms with Gasteiger partial charge in [-0.3, -0.25) is 19.7 Å². The van der Waals surface area contributed by atoms with Gasteiger partial charge in [0.1, 0.15) is 0 Å². The number of carbonyl (C=O) groups is 4. The smallest absolute Gasteiger partial charge is 0.414 e. The van der Waals surface area contributed by atoms with E-state index < -0.39 is 16.9 Å². The minimum absolute atomic E-state index is 0. The van der Waals surface area contributed by atoms with Crippen LogP contribution in [0.25, 0.3) is 0 Å². The van der Waals surface area contributed by atoms with Crippen molar-refractivity contribution in [3.8, 4) is 0 Å². The molecule has 13 heteroatoms. The summed E-state index contributed by atoms with van der Waals surface area (Å²) in [6.07, 6.45) is 13.0. The van der Waals surface area contributed by atoms with Gasteiger partial charge in [-0.15, -0.1) is 0 Å². The molecule has 3 rings (SSSR count). The standard InChI is InChI=1S/C29H46N4O4.C2H2O4.H2O/c1-3-30(4-2)22-23-31(29(35)24-17-19-27(20-18-24)33(36)37)21-11-16-28(34)32(25-12-7-5-8-13-25)26-14-9-6-10-15-26;3-1(4)2(5)6;/h17-20,25-26H,3-16,21-23H2,1-2H3;(H,3,4)(H,5,6);1H2. The SMILES string of the molecule is CCN(CC)CCN(CCCC(=O)N(C1CCCCC1)C1CCCCC1)C(=O)c1ccc([N+](=O)[O-])cc1.O.O=C(O)C(=O)O. The van der Waals surface area contributed by atoms with E-state index in [-0.39, 0.29) is 23.0 Å². The number of hydrogen-bond acceptors (Lipinski definition) is 7. The zero-order valence-corrected chi connectivity index (χ0v) is 26.1. The van der Waals surface area contributed by atoms with E-state index in [4.69, 9.17) is 19.8 Å². The van der Waals surface area contributed by atoms with Crippen LogP contribution in [0.3, 0.4) is 0 Å². The number of carboxylic acid groups (broad SMARTS) is 2. The quantitative estimate of drug-likeness (QED) is 0.186. The highest BCUT2D eigenvalue weighted by Crippen LogP contribution is 2.31. The number of benzene rings is 1. The number of carbonyl (C=O) groups excluding carboxylic acids is 2. The fourth-order valence-corrected chi connectivity index (χ4v) is 6.00. The highest BCUT2D eigenvalue weighted by Gasteiger charge is 2.32. The van der Waals surface area contributed by atoms with Crippen LogP contribution in [0, 0.1) is 10.1 Å². The van der Waals surface area contributed by atoms with E-state index in [1.165, 1.54) is 62.8 Å². The normalized spacial score (nSPS) is 15.3. The molecule has 2 saturated carbocycles. The van der Waals surface area contributed by atoms with E-state index in [0.717, 1.165) is 45.3 Å². The fourth-order valence-electron chi connectivity index (χ4n) is 6.00. The lowest BCUT2D eigenvalue weighted by atomic mass is 9.88. The van der Waals surface area contributed by atoms with Crippen molar-refractivity contribution in [3.05, 3.63) is 39.9 Å². The van der Waals surface area contributed by atoms with Crippen LogP contribution in [0.2, 0.25) is 0 Å². The molecule has 2 amide bonds. The first-order valence-corrected chi connectivity index (χ1v) is 15.6. The molecular weight excluding hydrogens is 572 g/mol. The molecule has 2 fully saturated rings. The highest BCUT2D eigenvalue weighted by atomic mass is 16.6. The van der Waals surface area contributed by atoms with Crippen molar-refractivity contribution in [2.45, 2.75) is 103 Å². The van der Waals surface area contributed by atoms with Crippen molar-refractivity contribution >= 4 is 29.4 Å². The predicted molar refractivity (Wildman–Crippen MR) is 165 cm³/mol. The number of aliphatic carboxylic acids is 2. The van der Waals surface area contributed by atoms with Gasteiger partial charge in [0.25, 0.3) is 11.6 Å². The van der Waals surface area contributed by atoms with E-state index in [1.807, 2.05) is 4.90 Å². The Labute approximate surface area is 259 Å². The van der Waals surface area contributed by atoms with Gasteiger partial charge in [-0.05, 0) is 57.3 Å². The summed E-state index contributed by atoms with van der Waals surface area (Å²) in [6.45, 7) is 7.87. The Hall–Kier alpha value is -3.58. The summed E-state index contributed by atoms with van der Waals surface area (Å²) in [7, 11) is 0. The second kappa shape index (κ2) is 20.4. The molecule has 13 nitrogen and oxygen atoms in total. The van der Waals surface area contributed by atoms with E-state index in [1.54, 1.807) is 0 Å². The van der Waals surface area contributed by atoms with Gasteiger partial charge in [0.2, 0.25) is 5.91 Å². The molecule has 2 aliphatic rings. The molecule has 0 heterocycles. The second-order valence-corrected chi connectivity index (χ2v) is 11.2. The molecule has 0 aromatic heterocycles. The summed E-state index contributed by atoms with van der Waals surface area (Å²) < 4.78 is 0. The van der Waals surface area contributed by atoms with Crippen molar-refractivity contribution in [2.24, 2.45) is 0 Å². The van der Waals surface area contributed by atoms with Gasteiger partial charge in [0.15, 0.2) is 0 Å². The lowest BCUT2D eigenvalue weighted by Crippen LogP contribution is -2.49. The molecule has 44 heavy (non-hydrogen) atoms. The summed E-state index contributed by atoms with van der Waals surface area (Å²) in [4.78, 5) is 62.0. The van der Waals surface area contributed by atoms with Crippen LogP contribution in [-0.4, -0.2) is 104 Å². The summed E-state index contributed by atoms with van der Waals surface area (Å²) in [5, 5.41) is 25.8. The summed E-state index contributed by atoms with van der Waals surface area (Å²) in [5.74, 6) is -3.53. The van der Waals surface area contributed by atoms with Gasteiger partial charge in [0, 0.05) is 55.8 Å². The minimum atomic E-state index is -1.82. The number of carboxylic acids is 2. The van der Waals surface area contributed by atoms with Gasteiger partial charge >= 0.3 is 11.9 Å². The lowest BCUT2D eigenvalue weighted by Gasteiger charge is -2.42.